The molecule has 1 aliphatic rings. The lowest BCUT2D eigenvalue weighted by molar-refractivity contribution is 0.0702. The molecule has 4 rings (SSSR count). The highest BCUT2D eigenvalue weighted by Gasteiger charge is 2.30. The van der Waals surface area contributed by atoms with Crippen molar-refractivity contribution in [2.45, 2.75) is 17.1 Å². The first-order valence-corrected chi connectivity index (χ1v) is 9.03. The van der Waals surface area contributed by atoms with Crippen molar-refractivity contribution < 1.29 is 9.90 Å². The summed E-state index contributed by atoms with van der Waals surface area (Å²) in [4.78, 5) is 14.2. The number of fused-ring (bicyclic) bond motifs is 3. The Bertz CT molecular complexity index is 897. The number of benzene rings is 2. The second-order valence-corrected chi connectivity index (χ2v) is 7.81. The molecule has 0 radical (unpaired) electrons. The Labute approximate surface area is 142 Å². The molecule has 1 N–H and O–H groups in total. The zero-order chi connectivity index (χ0) is 16.0. The summed E-state index contributed by atoms with van der Waals surface area (Å²) in [5.74, 6) is -0.851. The summed E-state index contributed by atoms with van der Waals surface area (Å²) in [6.45, 7) is 2.07. The number of carboxylic acids is 1. The van der Waals surface area contributed by atoms with Crippen molar-refractivity contribution in [3.05, 3.63) is 76.2 Å². The van der Waals surface area contributed by atoms with Gasteiger partial charge in [-0.3, -0.25) is 0 Å². The highest BCUT2D eigenvalue weighted by molar-refractivity contribution is 8.00. The maximum Gasteiger partial charge on any atom is 0.345 e. The third kappa shape index (κ3) is 2.48. The summed E-state index contributed by atoms with van der Waals surface area (Å²) >= 11 is 3.18. The van der Waals surface area contributed by atoms with E-state index in [-0.39, 0.29) is 5.25 Å². The summed E-state index contributed by atoms with van der Waals surface area (Å²) in [6, 6.07) is 18.6. The van der Waals surface area contributed by atoms with Gasteiger partial charge in [-0.2, -0.15) is 0 Å². The molecule has 3 aromatic rings. The van der Waals surface area contributed by atoms with Crippen LogP contribution in [0.1, 0.15) is 31.6 Å². The highest BCUT2D eigenvalue weighted by Crippen LogP contribution is 2.54. The van der Waals surface area contributed by atoms with E-state index in [9.17, 15) is 9.90 Å². The summed E-state index contributed by atoms with van der Waals surface area (Å²) in [5, 5.41) is 9.54. The van der Waals surface area contributed by atoms with E-state index in [1.54, 1.807) is 11.8 Å². The Morgan fingerprint density at radius 3 is 2.61 bits per heavy atom. The topological polar surface area (TPSA) is 37.3 Å². The normalized spacial score (nSPS) is 15.8. The first kappa shape index (κ1) is 14.5. The van der Waals surface area contributed by atoms with E-state index in [1.807, 2.05) is 24.3 Å². The molecule has 1 atom stereocenters. The van der Waals surface area contributed by atoms with Gasteiger partial charge in [0.05, 0.1) is 5.25 Å². The van der Waals surface area contributed by atoms with E-state index < -0.39 is 5.97 Å². The summed E-state index contributed by atoms with van der Waals surface area (Å²) in [5.41, 5.74) is 4.68. The number of thiophene rings is 1. The molecule has 0 bridgehead atoms. The molecule has 114 valence electrons. The predicted octanol–water partition coefficient (Wildman–Crippen LogP) is 5.62. The zero-order valence-corrected chi connectivity index (χ0v) is 14.1. The lowest BCUT2D eigenvalue weighted by Crippen LogP contribution is -2.02. The van der Waals surface area contributed by atoms with Gasteiger partial charge in [-0.15, -0.1) is 23.1 Å². The molecule has 1 aliphatic heterocycles. The molecule has 2 nitrogen and oxygen atoms in total. The van der Waals surface area contributed by atoms with Gasteiger partial charge in [-0.25, -0.2) is 4.79 Å². The molecule has 2 aromatic carbocycles. The molecule has 4 heteroatoms. The Morgan fingerprint density at radius 1 is 1.09 bits per heavy atom. The summed E-state index contributed by atoms with van der Waals surface area (Å²) < 4.78 is 0. The van der Waals surface area contributed by atoms with Crippen molar-refractivity contribution in [1.29, 1.82) is 0 Å². The fourth-order valence-corrected chi connectivity index (χ4v) is 5.41. The first-order chi connectivity index (χ1) is 11.1. The smallest absolute Gasteiger partial charge is 0.345 e. The molecule has 2 heterocycles. The van der Waals surface area contributed by atoms with Crippen molar-refractivity contribution in [1.82, 2.24) is 0 Å². The van der Waals surface area contributed by atoms with Crippen LogP contribution in [0, 0.1) is 6.92 Å². The van der Waals surface area contributed by atoms with Gasteiger partial charge in [0.15, 0.2) is 0 Å². The van der Waals surface area contributed by atoms with E-state index in [2.05, 4.69) is 37.3 Å². The molecular formula is C19H14O2S2. The quantitative estimate of drug-likeness (QED) is 0.659. The van der Waals surface area contributed by atoms with Crippen LogP contribution in [0.15, 0.2) is 59.5 Å². The largest absolute Gasteiger partial charge is 0.477 e. The van der Waals surface area contributed by atoms with E-state index in [0.717, 1.165) is 16.0 Å². The van der Waals surface area contributed by atoms with Crippen molar-refractivity contribution in [2.24, 2.45) is 0 Å². The Hall–Kier alpha value is -2.04. The predicted molar refractivity (Wildman–Crippen MR) is 95.6 cm³/mol. The minimum Gasteiger partial charge on any atom is -0.477 e. The van der Waals surface area contributed by atoms with Crippen LogP contribution in [0.4, 0.5) is 0 Å². The van der Waals surface area contributed by atoms with Crippen molar-refractivity contribution >= 4 is 29.1 Å². The van der Waals surface area contributed by atoms with Crippen molar-refractivity contribution in [3.8, 4) is 10.4 Å². The maximum atomic E-state index is 11.4. The van der Waals surface area contributed by atoms with Crippen LogP contribution in [0.2, 0.25) is 0 Å². The van der Waals surface area contributed by atoms with Crippen LogP contribution < -0.4 is 0 Å². The van der Waals surface area contributed by atoms with E-state index in [1.165, 1.54) is 27.4 Å². The van der Waals surface area contributed by atoms with Crippen LogP contribution >= 0.6 is 23.1 Å². The van der Waals surface area contributed by atoms with Crippen LogP contribution in [0.25, 0.3) is 10.4 Å². The molecule has 23 heavy (non-hydrogen) atoms. The number of carbonyl (C=O) groups is 1. The van der Waals surface area contributed by atoms with Gasteiger partial charge in [-0.05, 0) is 36.2 Å². The standard InChI is InChI=1S/C19H14O2S2/c1-11-7-8-15-13(9-11)18-14(10-16(23-18)19(20)21)17(22-15)12-5-3-2-4-6-12/h2-10,17H,1H3,(H,20,21). The monoisotopic (exact) mass is 338 g/mol. The summed E-state index contributed by atoms with van der Waals surface area (Å²) in [7, 11) is 0. The van der Waals surface area contributed by atoms with Gasteiger partial charge in [0.25, 0.3) is 0 Å². The van der Waals surface area contributed by atoms with E-state index in [0.29, 0.717) is 4.88 Å². The Morgan fingerprint density at radius 2 is 1.87 bits per heavy atom. The lowest BCUT2D eigenvalue weighted by atomic mass is 10.00. The van der Waals surface area contributed by atoms with E-state index >= 15 is 0 Å². The fraction of sp³-hybridized carbons (Fsp3) is 0.105. The molecule has 0 fully saturated rings. The van der Waals surface area contributed by atoms with Crippen LogP contribution in [-0.2, 0) is 0 Å². The lowest BCUT2D eigenvalue weighted by Gasteiger charge is -2.25. The average Bonchev–Trinajstić information content (AvgIpc) is 3.01. The average molecular weight is 338 g/mol. The Balaban J connectivity index is 1.94. The van der Waals surface area contributed by atoms with E-state index in [4.69, 9.17) is 0 Å². The zero-order valence-electron chi connectivity index (χ0n) is 12.4. The molecule has 1 aromatic heterocycles. The fourth-order valence-electron chi connectivity index (χ4n) is 2.91. The van der Waals surface area contributed by atoms with Gasteiger partial charge < -0.3 is 5.11 Å². The second kappa shape index (κ2) is 5.55. The third-order valence-electron chi connectivity index (χ3n) is 3.98. The number of hydrogen-bond acceptors (Lipinski definition) is 3. The number of hydrogen-bond donors (Lipinski definition) is 1. The number of aromatic carboxylic acids is 1. The molecule has 0 spiro atoms. The first-order valence-electron chi connectivity index (χ1n) is 7.33. The van der Waals surface area contributed by atoms with Crippen LogP contribution in [-0.4, -0.2) is 11.1 Å². The number of rotatable bonds is 2. The number of aryl methyl sites for hydroxylation is 1. The third-order valence-corrected chi connectivity index (χ3v) is 6.52. The Kier molecular flexibility index (Phi) is 3.51. The second-order valence-electron chi connectivity index (χ2n) is 5.61. The van der Waals surface area contributed by atoms with Gasteiger partial charge in [-0.1, -0.05) is 42.0 Å². The molecule has 0 aliphatic carbocycles. The minimum atomic E-state index is -0.851. The molecule has 0 amide bonds. The number of carboxylic acid groups (broad SMARTS) is 1. The number of thioether (sulfide) groups is 1. The maximum absolute atomic E-state index is 11.4. The minimum absolute atomic E-state index is 0.144. The highest BCUT2D eigenvalue weighted by atomic mass is 32.2. The SMILES string of the molecule is Cc1ccc2c(c1)-c1sc(C(=O)O)cc1C(c1ccccc1)S2. The van der Waals surface area contributed by atoms with Crippen LogP contribution in [0.3, 0.4) is 0 Å². The van der Waals surface area contributed by atoms with Crippen LogP contribution in [0.5, 0.6) is 0 Å². The van der Waals surface area contributed by atoms with Crippen molar-refractivity contribution in [2.75, 3.05) is 0 Å². The summed E-state index contributed by atoms with van der Waals surface area (Å²) in [6.07, 6.45) is 0. The van der Waals surface area contributed by atoms with Gasteiger partial charge >= 0.3 is 5.97 Å². The van der Waals surface area contributed by atoms with Gasteiger partial charge in [0.2, 0.25) is 0 Å². The molecular weight excluding hydrogens is 324 g/mol. The molecule has 1 unspecified atom stereocenters. The molecule has 0 saturated heterocycles. The molecule has 0 saturated carbocycles. The van der Waals surface area contributed by atoms with Gasteiger partial charge in [0, 0.05) is 15.3 Å². The van der Waals surface area contributed by atoms with Gasteiger partial charge in [0.1, 0.15) is 4.88 Å². The van der Waals surface area contributed by atoms with Crippen molar-refractivity contribution in [3.63, 3.8) is 0 Å².